The number of rotatable bonds is 6. The zero-order valence-corrected chi connectivity index (χ0v) is 13.0. The fourth-order valence-corrected chi connectivity index (χ4v) is 2.11. The number of aliphatic hydroxyl groups excluding tert-OH is 1. The maximum absolute atomic E-state index is 12.1. The zero-order valence-electron chi connectivity index (χ0n) is 13.0. The van der Waals surface area contributed by atoms with Crippen molar-refractivity contribution >= 4 is 11.8 Å². The fraction of sp³-hybridized carbons (Fsp3) is 0.500. The number of hydrogen-bond acceptors (Lipinski definition) is 3. The van der Waals surface area contributed by atoms with Gasteiger partial charge in [0.25, 0.3) is 0 Å². The van der Waals surface area contributed by atoms with Gasteiger partial charge in [0.2, 0.25) is 11.8 Å². The first-order valence-electron chi connectivity index (χ1n) is 7.05. The summed E-state index contributed by atoms with van der Waals surface area (Å²) in [6.07, 6.45) is -0.225. The lowest BCUT2D eigenvalue weighted by Gasteiger charge is -2.27. The van der Waals surface area contributed by atoms with Gasteiger partial charge in [0.15, 0.2) is 0 Å². The number of carbonyl (C=O) groups excluding carboxylic acids is 2. The average Bonchev–Trinajstić information content (AvgIpc) is 2.37. The summed E-state index contributed by atoms with van der Waals surface area (Å²) in [5.74, 6) is -0.530. The molecular formula is C16H24N2O3. The largest absolute Gasteiger partial charge is 0.388 e. The van der Waals surface area contributed by atoms with Crippen molar-refractivity contribution in [3.63, 3.8) is 0 Å². The fourth-order valence-electron chi connectivity index (χ4n) is 2.11. The first kappa shape index (κ1) is 17.2. The van der Waals surface area contributed by atoms with Crippen LogP contribution in [0.2, 0.25) is 0 Å². The van der Waals surface area contributed by atoms with Gasteiger partial charge in [0.1, 0.15) is 5.54 Å². The Morgan fingerprint density at radius 1 is 1.24 bits per heavy atom. The zero-order chi connectivity index (χ0) is 16.0. The normalized spacial score (nSPS) is 14.1. The lowest BCUT2D eigenvalue weighted by molar-refractivity contribution is -0.132. The van der Waals surface area contributed by atoms with Crippen LogP contribution < -0.4 is 10.6 Å². The minimum atomic E-state index is -0.974. The molecule has 0 saturated heterocycles. The predicted molar refractivity (Wildman–Crippen MR) is 81.5 cm³/mol. The van der Waals surface area contributed by atoms with E-state index in [0.717, 1.165) is 5.56 Å². The van der Waals surface area contributed by atoms with E-state index in [4.69, 9.17) is 0 Å². The number of amides is 2. The topological polar surface area (TPSA) is 78.4 Å². The molecule has 21 heavy (non-hydrogen) atoms. The van der Waals surface area contributed by atoms with Crippen molar-refractivity contribution < 1.29 is 14.7 Å². The Labute approximate surface area is 125 Å². The molecule has 0 aliphatic rings. The highest BCUT2D eigenvalue weighted by Gasteiger charge is 2.29. The Balaban J connectivity index is 2.55. The van der Waals surface area contributed by atoms with Crippen molar-refractivity contribution in [2.75, 3.05) is 0 Å². The number of nitrogens with one attached hydrogen (secondary N) is 2. The van der Waals surface area contributed by atoms with Crippen LogP contribution >= 0.6 is 0 Å². The van der Waals surface area contributed by atoms with Crippen LogP contribution in [0.5, 0.6) is 0 Å². The quantitative estimate of drug-likeness (QED) is 0.744. The van der Waals surface area contributed by atoms with Crippen LogP contribution in [0.15, 0.2) is 30.3 Å². The molecule has 0 aromatic heterocycles. The molecular weight excluding hydrogens is 268 g/mol. The van der Waals surface area contributed by atoms with E-state index in [-0.39, 0.29) is 17.9 Å². The monoisotopic (exact) mass is 292 g/mol. The van der Waals surface area contributed by atoms with Gasteiger partial charge in [0, 0.05) is 13.0 Å². The Morgan fingerprint density at radius 2 is 1.81 bits per heavy atom. The number of carbonyl (C=O) groups is 2. The second-order valence-corrected chi connectivity index (χ2v) is 5.84. The highest BCUT2D eigenvalue weighted by atomic mass is 16.3. The minimum absolute atomic E-state index is 0.208. The molecule has 0 heterocycles. The Kier molecular flexibility index (Phi) is 5.90. The molecule has 1 aromatic rings. The maximum atomic E-state index is 12.1. The summed E-state index contributed by atoms with van der Waals surface area (Å²) < 4.78 is 0. The van der Waals surface area contributed by atoms with Crippen LogP contribution in [-0.4, -0.2) is 28.5 Å². The van der Waals surface area contributed by atoms with E-state index in [2.05, 4.69) is 10.6 Å². The lowest BCUT2D eigenvalue weighted by Crippen LogP contribution is -2.55. The van der Waals surface area contributed by atoms with Gasteiger partial charge in [-0.1, -0.05) is 30.3 Å². The van der Waals surface area contributed by atoms with Crippen molar-refractivity contribution in [1.29, 1.82) is 0 Å². The van der Waals surface area contributed by atoms with Gasteiger partial charge >= 0.3 is 0 Å². The van der Waals surface area contributed by atoms with Crippen LogP contribution in [-0.2, 0) is 9.59 Å². The van der Waals surface area contributed by atoms with Gasteiger partial charge in [-0.2, -0.15) is 0 Å². The second-order valence-electron chi connectivity index (χ2n) is 5.84. The van der Waals surface area contributed by atoms with Gasteiger partial charge < -0.3 is 15.7 Å². The van der Waals surface area contributed by atoms with E-state index in [1.165, 1.54) is 6.92 Å². The molecule has 2 amide bonds. The molecule has 2 atom stereocenters. The van der Waals surface area contributed by atoms with Gasteiger partial charge in [0.05, 0.1) is 6.10 Å². The Bertz CT molecular complexity index is 486. The van der Waals surface area contributed by atoms with Crippen molar-refractivity contribution in [2.24, 2.45) is 0 Å². The molecule has 2 unspecified atom stereocenters. The van der Waals surface area contributed by atoms with Gasteiger partial charge in [-0.3, -0.25) is 9.59 Å². The molecule has 3 N–H and O–H groups in total. The molecule has 0 aliphatic heterocycles. The highest BCUT2D eigenvalue weighted by Crippen LogP contribution is 2.18. The molecule has 0 fully saturated rings. The van der Waals surface area contributed by atoms with Gasteiger partial charge in [-0.15, -0.1) is 0 Å². The molecule has 1 rings (SSSR count). The highest BCUT2D eigenvalue weighted by molar-refractivity contribution is 5.90. The van der Waals surface area contributed by atoms with Crippen molar-refractivity contribution in [2.45, 2.75) is 51.8 Å². The predicted octanol–water partition coefficient (Wildman–Crippen LogP) is 1.53. The first-order chi connectivity index (χ1) is 9.72. The van der Waals surface area contributed by atoms with Crippen LogP contribution in [0, 0.1) is 0 Å². The van der Waals surface area contributed by atoms with Gasteiger partial charge in [-0.05, 0) is 32.8 Å². The number of aliphatic hydroxyl groups is 1. The second kappa shape index (κ2) is 7.22. The molecule has 5 heteroatoms. The van der Waals surface area contributed by atoms with Crippen LogP contribution in [0.25, 0.3) is 0 Å². The smallest absolute Gasteiger partial charge is 0.245 e. The third-order valence-corrected chi connectivity index (χ3v) is 3.19. The first-order valence-corrected chi connectivity index (χ1v) is 7.05. The molecule has 116 valence electrons. The summed E-state index contributed by atoms with van der Waals surface area (Å²) in [5, 5.41) is 15.5. The average molecular weight is 292 g/mol. The van der Waals surface area contributed by atoms with E-state index in [1.807, 2.05) is 37.3 Å². The lowest BCUT2D eigenvalue weighted by atomic mass is 10.0. The number of benzene rings is 1. The summed E-state index contributed by atoms with van der Waals surface area (Å²) in [6.45, 7) is 6.49. The molecule has 5 nitrogen and oxygen atoms in total. The van der Waals surface area contributed by atoms with Crippen LogP contribution in [0.3, 0.4) is 0 Å². The van der Waals surface area contributed by atoms with E-state index in [0.29, 0.717) is 6.42 Å². The van der Waals surface area contributed by atoms with Crippen molar-refractivity contribution in [3.05, 3.63) is 35.9 Å². The third kappa shape index (κ3) is 5.55. The maximum Gasteiger partial charge on any atom is 0.245 e. The van der Waals surface area contributed by atoms with E-state index in [1.54, 1.807) is 13.8 Å². The standard InChI is InChI=1S/C16H24N2O3/c1-11(10-14(20)13-8-6-5-7-9-13)17-15(21)16(3,4)18-12(2)19/h5-9,11,14,20H,10H2,1-4H3,(H,17,21)(H,18,19). The molecule has 1 aromatic carbocycles. The molecule has 0 saturated carbocycles. The van der Waals surface area contributed by atoms with Crippen molar-refractivity contribution in [3.8, 4) is 0 Å². The Hall–Kier alpha value is -1.88. The van der Waals surface area contributed by atoms with E-state index in [9.17, 15) is 14.7 Å². The molecule has 0 aliphatic carbocycles. The summed E-state index contributed by atoms with van der Waals surface area (Å²) in [4.78, 5) is 23.2. The third-order valence-electron chi connectivity index (χ3n) is 3.19. The van der Waals surface area contributed by atoms with Gasteiger partial charge in [-0.25, -0.2) is 0 Å². The summed E-state index contributed by atoms with van der Waals surface area (Å²) in [7, 11) is 0. The molecule has 0 spiro atoms. The Morgan fingerprint density at radius 3 is 2.33 bits per heavy atom. The van der Waals surface area contributed by atoms with E-state index >= 15 is 0 Å². The summed E-state index contributed by atoms with van der Waals surface area (Å²) in [5.41, 5.74) is -0.155. The molecule has 0 bridgehead atoms. The number of hydrogen-bond donors (Lipinski definition) is 3. The SMILES string of the molecule is CC(=O)NC(C)(C)C(=O)NC(C)CC(O)c1ccccc1. The van der Waals surface area contributed by atoms with Crippen molar-refractivity contribution in [1.82, 2.24) is 10.6 Å². The van der Waals surface area contributed by atoms with Crippen LogP contribution in [0.1, 0.15) is 45.8 Å². The van der Waals surface area contributed by atoms with E-state index < -0.39 is 11.6 Å². The summed E-state index contributed by atoms with van der Waals surface area (Å²) in [6, 6.07) is 9.10. The molecule has 0 radical (unpaired) electrons. The van der Waals surface area contributed by atoms with Crippen LogP contribution in [0.4, 0.5) is 0 Å². The minimum Gasteiger partial charge on any atom is -0.388 e. The summed E-state index contributed by atoms with van der Waals surface area (Å²) >= 11 is 0.